The van der Waals surface area contributed by atoms with E-state index in [4.69, 9.17) is 15.5 Å². The molecule has 0 aliphatic rings. The molecule has 0 spiro atoms. The van der Waals surface area contributed by atoms with Gasteiger partial charge in [0, 0.05) is 18.0 Å². The molecule has 4 aromatic heterocycles. The van der Waals surface area contributed by atoms with Crippen LogP contribution in [0.25, 0.3) is 33.3 Å². The standard InChI is InChI=1S/C20H20N6O2/c1-20(2,3)28-15(27)10-26-14-7-6-13(12-5-4-8-22-9-12)25-17(14)16-18(21)23-11-24-19(16)26/h4-9,11H,10H2,1-3H3,(H2,21,23,24). The van der Waals surface area contributed by atoms with Crippen LogP contribution in [0.4, 0.5) is 5.82 Å². The fraction of sp³-hybridized carbons (Fsp3) is 0.250. The molecule has 4 rings (SSSR count). The Hall–Kier alpha value is -3.55. The van der Waals surface area contributed by atoms with Gasteiger partial charge in [0.15, 0.2) is 0 Å². The zero-order chi connectivity index (χ0) is 19.9. The molecule has 0 radical (unpaired) electrons. The quantitative estimate of drug-likeness (QED) is 0.547. The normalized spacial score (nSPS) is 11.8. The Balaban J connectivity index is 1.90. The van der Waals surface area contributed by atoms with Crippen LogP contribution in [0.1, 0.15) is 20.8 Å². The highest BCUT2D eigenvalue weighted by molar-refractivity contribution is 6.10. The summed E-state index contributed by atoms with van der Waals surface area (Å²) >= 11 is 0. The number of fused-ring (bicyclic) bond motifs is 3. The van der Waals surface area contributed by atoms with E-state index >= 15 is 0 Å². The summed E-state index contributed by atoms with van der Waals surface area (Å²) in [7, 11) is 0. The predicted octanol–water partition coefficient (Wildman–Crippen LogP) is 2.97. The summed E-state index contributed by atoms with van der Waals surface area (Å²) in [5.41, 5.74) is 9.10. The number of hydrogen-bond acceptors (Lipinski definition) is 7. The number of nitrogens with two attached hydrogens (primary N) is 1. The fourth-order valence-electron chi connectivity index (χ4n) is 3.13. The molecule has 0 bridgehead atoms. The Morgan fingerprint density at radius 1 is 1.21 bits per heavy atom. The van der Waals surface area contributed by atoms with Gasteiger partial charge in [-0.25, -0.2) is 15.0 Å². The van der Waals surface area contributed by atoms with Gasteiger partial charge in [0.2, 0.25) is 0 Å². The molecule has 0 saturated carbocycles. The number of hydrogen-bond donors (Lipinski definition) is 1. The second kappa shape index (κ2) is 6.56. The number of nitrogen functional groups attached to an aromatic ring is 1. The van der Waals surface area contributed by atoms with Gasteiger partial charge in [-0.1, -0.05) is 0 Å². The molecule has 0 amide bonds. The van der Waals surface area contributed by atoms with E-state index in [0.717, 1.165) is 16.8 Å². The van der Waals surface area contributed by atoms with E-state index in [0.29, 0.717) is 22.4 Å². The lowest BCUT2D eigenvalue weighted by atomic mass is 10.2. The van der Waals surface area contributed by atoms with Gasteiger partial charge in [-0.2, -0.15) is 0 Å². The number of carbonyl (C=O) groups is 1. The molecule has 0 fully saturated rings. The predicted molar refractivity (Wildman–Crippen MR) is 106 cm³/mol. The van der Waals surface area contributed by atoms with Crippen molar-refractivity contribution >= 4 is 33.9 Å². The highest BCUT2D eigenvalue weighted by atomic mass is 16.6. The largest absolute Gasteiger partial charge is 0.459 e. The van der Waals surface area contributed by atoms with Crippen molar-refractivity contribution in [2.75, 3.05) is 5.73 Å². The molecule has 0 aliphatic heterocycles. The van der Waals surface area contributed by atoms with Gasteiger partial charge in [0.1, 0.15) is 35.5 Å². The molecule has 0 unspecified atom stereocenters. The Morgan fingerprint density at radius 2 is 2.04 bits per heavy atom. The van der Waals surface area contributed by atoms with E-state index < -0.39 is 5.60 Å². The number of pyridine rings is 2. The molecule has 2 N–H and O–H groups in total. The molecule has 0 aromatic carbocycles. The molecule has 28 heavy (non-hydrogen) atoms. The third-order valence-electron chi connectivity index (χ3n) is 4.18. The summed E-state index contributed by atoms with van der Waals surface area (Å²) in [6.07, 6.45) is 4.83. The van der Waals surface area contributed by atoms with E-state index in [9.17, 15) is 4.79 Å². The van der Waals surface area contributed by atoms with Gasteiger partial charge >= 0.3 is 5.97 Å². The summed E-state index contributed by atoms with van der Waals surface area (Å²) in [6.45, 7) is 5.50. The summed E-state index contributed by atoms with van der Waals surface area (Å²) in [5.74, 6) is -0.0476. The van der Waals surface area contributed by atoms with E-state index in [1.54, 1.807) is 17.0 Å². The number of esters is 1. The van der Waals surface area contributed by atoms with E-state index in [1.165, 1.54) is 6.33 Å². The van der Waals surface area contributed by atoms with E-state index in [-0.39, 0.29) is 12.5 Å². The first-order chi connectivity index (χ1) is 13.3. The summed E-state index contributed by atoms with van der Waals surface area (Å²) < 4.78 is 7.23. The Kier molecular flexibility index (Phi) is 4.18. The minimum atomic E-state index is -0.574. The molecular formula is C20H20N6O2. The average molecular weight is 376 g/mol. The first-order valence-electron chi connectivity index (χ1n) is 8.85. The zero-order valence-corrected chi connectivity index (χ0v) is 15.9. The third-order valence-corrected chi connectivity index (χ3v) is 4.18. The minimum Gasteiger partial charge on any atom is -0.459 e. The van der Waals surface area contributed by atoms with Crippen LogP contribution in [0, 0.1) is 0 Å². The minimum absolute atomic E-state index is 0.00163. The van der Waals surface area contributed by atoms with Crippen LogP contribution in [0.3, 0.4) is 0 Å². The lowest BCUT2D eigenvalue weighted by Gasteiger charge is -2.19. The molecule has 0 atom stereocenters. The van der Waals surface area contributed by atoms with Gasteiger partial charge in [0.05, 0.1) is 16.6 Å². The molecule has 0 saturated heterocycles. The third kappa shape index (κ3) is 3.24. The molecule has 4 aromatic rings. The Morgan fingerprint density at radius 3 is 2.75 bits per heavy atom. The maximum atomic E-state index is 12.4. The highest BCUT2D eigenvalue weighted by Crippen LogP contribution is 2.31. The zero-order valence-electron chi connectivity index (χ0n) is 15.9. The molecule has 0 aliphatic carbocycles. The molecule has 8 heteroatoms. The maximum Gasteiger partial charge on any atom is 0.326 e. The highest BCUT2D eigenvalue weighted by Gasteiger charge is 2.22. The first kappa shape index (κ1) is 17.8. The summed E-state index contributed by atoms with van der Waals surface area (Å²) in [5, 5.41) is 0.617. The number of anilines is 1. The Labute approximate surface area is 161 Å². The van der Waals surface area contributed by atoms with Crippen LogP contribution < -0.4 is 5.73 Å². The SMILES string of the molecule is CC(C)(C)OC(=O)Cn1c2ccc(-c3cccnc3)nc2c2c(N)ncnc21. The van der Waals surface area contributed by atoms with Gasteiger partial charge < -0.3 is 15.0 Å². The number of rotatable bonds is 3. The van der Waals surface area contributed by atoms with Crippen LogP contribution in [-0.2, 0) is 16.1 Å². The van der Waals surface area contributed by atoms with Crippen molar-refractivity contribution < 1.29 is 9.53 Å². The van der Waals surface area contributed by atoms with Crippen molar-refractivity contribution in [3.8, 4) is 11.3 Å². The van der Waals surface area contributed by atoms with Gasteiger partial charge in [0.25, 0.3) is 0 Å². The number of ether oxygens (including phenoxy) is 1. The van der Waals surface area contributed by atoms with Crippen molar-refractivity contribution in [1.29, 1.82) is 0 Å². The average Bonchev–Trinajstić information content (AvgIpc) is 2.95. The molecule has 4 heterocycles. The van der Waals surface area contributed by atoms with Crippen LogP contribution >= 0.6 is 0 Å². The lowest BCUT2D eigenvalue weighted by molar-refractivity contribution is -0.155. The van der Waals surface area contributed by atoms with Crippen molar-refractivity contribution in [2.24, 2.45) is 0 Å². The number of aromatic nitrogens is 5. The summed E-state index contributed by atoms with van der Waals surface area (Å²) in [4.78, 5) is 29.8. The monoisotopic (exact) mass is 376 g/mol. The smallest absolute Gasteiger partial charge is 0.326 e. The van der Waals surface area contributed by atoms with Crippen LogP contribution in [0.5, 0.6) is 0 Å². The fourth-order valence-corrected chi connectivity index (χ4v) is 3.13. The number of nitrogens with zero attached hydrogens (tertiary/aromatic N) is 5. The number of carbonyl (C=O) groups excluding carboxylic acids is 1. The van der Waals surface area contributed by atoms with Crippen LogP contribution in [-0.4, -0.2) is 36.1 Å². The summed E-state index contributed by atoms with van der Waals surface area (Å²) in [6, 6.07) is 7.56. The topological polar surface area (TPSA) is 109 Å². The van der Waals surface area contributed by atoms with Crippen molar-refractivity contribution in [3.63, 3.8) is 0 Å². The van der Waals surface area contributed by atoms with E-state index in [1.807, 2.05) is 45.0 Å². The van der Waals surface area contributed by atoms with Gasteiger partial charge in [-0.05, 0) is 45.0 Å². The molecular weight excluding hydrogens is 356 g/mol. The maximum absolute atomic E-state index is 12.4. The van der Waals surface area contributed by atoms with Gasteiger partial charge in [-0.15, -0.1) is 0 Å². The van der Waals surface area contributed by atoms with Crippen molar-refractivity contribution in [3.05, 3.63) is 43.0 Å². The second-order valence-corrected chi connectivity index (χ2v) is 7.44. The molecule has 8 nitrogen and oxygen atoms in total. The van der Waals surface area contributed by atoms with Gasteiger partial charge in [-0.3, -0.25) is 9.78 Å². The second-order valence-electron chi connectivity index (χ2n) is 7.44. The first-order valence-corrected chi connectivity index (χ1v) is 8.85. The molecule has 142 valence electrons. The van der Waals surface area contributed by atoms with Crippen LogP contribution in [0.15, 0.2) is 43.0 Å². The lowest BCUT2D eigenvalue weighted by Crippen LogP contribution is -2.26. The van der Waals surface area contributed by atoms with Crippen molar-refractivity contribution in [1.82, 2.24) is 24.5 Å². The Bertz CT molecular complexity index is 1180. The van der Waals surface area contributed by atoms with Crippen molar-refractivity contribution in [2.45, 2.75) is 32.9 Å². The van der Waals surface area contributed by atoms with Crippen LogP contribution in [0.2, 0.25) is 0 Å². The van der Waals surface area contributed by atoms with E-state index in [2.05, 4.69) is 15.0 Å².